The van der Waals surface area contributed by atoms with E-state index in [0.717, 1.165) is 28.2 Å². The van der Waals surface area contributed by atoms with Gasteiger partial charge in [0.25, 0.3) is 5.91 Å². The maximum Gasteiger partial charge on any atom is 0.363 e. The Morgan fingerprint density at radius 3 is 2.56 bits per heavy atom. The molecule has 142 valence electrons. The Kier molecular flexibility index (Phi) is 4.93. The summed E-state index contributed by atoms with van der Waals surface area (Å²) in [6, 6.07) is 9.61. The van der Waals surface area contributed by atoms with Crippen LogP contribution in [0.2, 0.25) is 0 Å². The minimum Gasteiger partial charge on any atom is -0.440 e. The fraction of sp³-hybridized carbons (Fsp3) is 0.333. The largest absolute Gasteiger partial charge is 0.440 e. The van der Waals surface area contributed by atoms with Crippen LogP contribution in [-0.2, 0) is 14.3 Å². The summed E-state index contributed by atoms with van der Waals surface area (Å²) in [4.78, 5) is 29.9. The summed E-state index contributed by atoms with van der Waals surface area (Å²) >= 11 is 0. The van der Waals surface area contributed by atoms with Gasteiger partial charge in [0.1, 0.15) is 0 Å². The van der Waals surface area contributed by atoms with Crippen LogP contribution >= 0.6 is 0 Å². The van der Waals surface area contributed by atoms with Crippen LogP contribution in [-0.4, -0.2) is 55.8 Å². The van der Waals surface area contributed by atoms with E-state index >= 15 is 0 Å². The molecule has 1 N–H and O–H groups in total. The molecule has 3 rings (SSSR count). The van der Waals surface area contributed by atoms with E-state index in [0.29, 0.717) is 10.1 Å². The van der Waals surface area contributed by atoms with E-state index < -0.39 is 0 Å². The van der Waals surface area contributed by atoms with E-state index in [1.165, 1.54) is 4.90 Å². The third-order valence-electron chi connectivity index (χ3n) is 4.40. The number of quaternary nitrogens is 1. The van der Waals surface area contributed by atoms with E-state index in [2.05, 4.69) is 4.98 Å². The van der Waals surface area contributed by atoms with Crippen molar-refractivity contribution in [1.82, 2.24) is 4.98 Å². The van der Waals surface area contributed by atoms with Crippen molar-refractivity contribution in [3.63, 3.8) is 0 Å². The molecule has 27 heavy (non-hydrogen) atoms. The Bertz CT molecular complexity index is 919. The standard InChI is InChI=1S/C21H25N3O3/c1-14-10-15(2)22-18(14)11-17-16-8-6-7-9-19(16)23(21(17)26)13-27-20(25)12-24(3,4)5/h6-11H,12-13H2,1-5H3/p+1. The summed E-state index contributed by atoms with van der Waals surface area (Å²) in [5.74, 6) is -0.498. The fourth-order valence-corrected chi connectivity index (χ4v) is 3.19. The van der Waals surface area contributed by atoms with E-state index in [9.17, 15) is 9.59 Å². The van der Waals surface area contributed by atoms with Crippen LogP contribution in [0.1, 0.15) is 22.5 Å². The predicted octanol–water partition coefficient (Wildman–Crippen LogP) is 2.73. The molecule has 0 bridgehead atoms. The molecule has 1 aromatic heterocycles. The van der Waals surface area contributed by atoms with Crippen LogP contribution < -0.4 is 4.90 Å². The molecule has 0 saturated carbocycles. The highest BCUT2D eigenvalue weighted by Crippen LogP contribution is 2.37. The third kappa shape index (κ3) is 4.11. The highest BCUT2D eigenvalue weighted by molar-refractivity contribution is 6.35. The van der Waals surface area contributed by atoms with Crippen molar-refractivity contribution in [1.29, 1.82) is 0 Å². The van der Waals surface area contributed by atoms with Gasteiger partial charge >= 0.3 is 5.97 Å². The topological polar surface area (TPSA) is 62.4 Å². The van der Waals surface area contributed by atoms with Crippen LogP contribution in [0.25, 0.3) is 11.6 Å². The molecule has 2 aromatic rings. The number of aryl methyl sites for hydroxylation is 2. The zero-order chi connectivity index (χ0) is 19.8. The van der Waals surface area contributed by atoms with Crippen LogP contribution in [0, 0.1) is 13.8 Å². The van der Waals surface area contributed by atoms with Crippen molar-refractivity contribution in [3.05, 3.63) is 52.8 Å². The number of para-hydroxylation sites is 1. The normalized spacial score (nSPS) is 15.4. The lowest BCUT2D eigenvalue weighted by Crippen LogP contribution is -2.41. The molecule has 0 unspecified atom stereocenters. The zero-order valence-electron chi connectivity index (χ0n) is 16.5. The predicted molar refractivity (Wildman–Crippen MR) is 106 cm³/mol. The van der Waals surface area contributed by atoms with Crippen molar-refractivity contribution >= 4 is 29.2 Å². The lowest BCUT2D eigenvalue weighted by molar-refractivity contribution is -0.862. The Labute approximate surface area is 159 Å². The molecule has 6 nitrogen and oxygen atoms in total. The zero-order valence-corrected chi connectivity index (χ0v) is 16.5. The molecule has 0 atom stereocenters. The number of esters is 1. The summed E-state index contributed by atoms with van der Waals surface area (Å²) in [7, 11) is 5.75. The van der Waals surface area contributed by atoms with E-state index in [-0.39, 0.29) is 25.2 Å². The molecular weight excluding hydrogens is 342 g/mol. The number of benzene rings is 1. The number of aromatic nitrogens is 1. The molecule has 0 aliphatic carbocycles. The first kappa shape index (κ1) is 18.9. The number of fused-ring (bicyclic) bond motifs is 1. The first-order valence-electron chi connectivity index (χ1n) is 8.91. The lowest BCUT2D eigenvalue weighted by atomic mass is 10.1. The smallest absolute Gasteiger partial charge is 0.363 e. The van der Waals surface area contributed by atoms with Crippen LogP contribution in [0.3, 0.4) is 0 Å². The maximum absolute atomic E-state index is 13.0. The number of likely N-dealkylation sites (N-methyl/N-ethyl adjacent to an activating group) is 1. The van der Waals surface area contributed by atoms with Gasteiger partial charge in [-0.25, -0.2) is 4.79 Å². The van der Waals surface area contributed by atoms with Crippen LogP contribution in [0.4, 0.5) is 5.69 Å². The third-order valence-corrected chi connectivity index (χ3v) is 4.40. The molecule has 0 saturated heterocycles. The highest BCUT2D eigenvalue weighted by Gasteiger charge is 2.33. The van der Waals surface area contributed by atoms with Gasteiger partial charge in [0, 0.05) is 17.0 Å². The molecule has 0 fully saturated rings. The Balaban J connectivity index is 1.86. The van der Waals surface area contributed by atoms with Crippen molar-refractivity contribution in [3.8, 4) is 0 Å². The minimum absolute atomic E-state index is 0.0885. The number of nitrogens with one attached hydrogen (secondary N) is 1. The quantitative estimate of drug-likeness (QED) is 0.501. The Morgan fingerprint density at radius 2 is 1.93 bits per heavy atom. The second kappa shape index (κ2) is 7.04. The number of H-pyrrole nitrogens is 1. The number of rotatable bonds is 5. The summed E-state index contributed by atoms with van der Waals surface area (Å²) in [5, 5.41) is 0. The average molecular weight is 368 g/mol. The number of amides is 1. The molecule has 6 heteroatoms. The van der Waals surface area contributed by atoms with Crippen molar-refractivity contribution in [2.24, 2.45) is 0 Å². The summed E-state index contributed by atoms with van der Waals surface area (Å²) in [6.07, 6.45) is 1.87. The SMILES string of the molecule is Cc1cc(C)c(/C=C2\C(=O)N(COC(=O)C[N+](C)(C)C)c3ccccc32)[nH]1. The van der Waals surface area contributed by atoms with Crippen LogP contribution in [0.5, 0.6) is 0 Å². The number of aromatic amines is 1. The molecule has 2 heterocycles. The van der Waals surface area contributed by atoms with Gasteiger partial charge in [0.2, 0.25) is 0 Å². The lowest BCUT2D eigenvalue weighted by Gasteiger charge is -2.23. The van der Waals surface area contributed by atoms with E-state index in [1.54, 1.807) is 0 Å². The van der Waals surface area contributed by atoms with Crippen LogP contribution in [0.15, 0.2) is 30.3 Å². The number of hydrogen-bond donors (Lipinski definition) is 1. The van der Waals surface area contributed by atoms with Gasteiger partial charge in [-0.15, -0.1) is 0 Å². The van der Waals surface area contributed by atoms with Gasteiger partial charge < -0.3 is 14.2 Å². The van der Waals surface area contributed by atoms with Crippen molar-refractivity contribution in [2.45, 2.75) is 13.8 Å². The fourth-order valence-electron chi connectivity index (χ4n) is 3.19. The summed E-state index contributed by atoms with van der Waals surface area (Å²) < 4.78 is 5.84. The Morgan fingerprint density at radius 1 is 1.22 bits per heavy atom. The summed E-state index contributed by atoms with van der Waals surface area (Å²) in [5.41, 5.74) is 5.24. The second-order valence-corrected chi connectivity index (χ2v) is 7.95. The van der Waals surface area contributed by atoms with Gasteiger partial charge in [-0.2, -0.15) is 0 Å². The van der Waals surface area contributed by atoms with E-state index in [1.807, 2.05) is 71.4 Å². The van der Waals surface area contributed by atoms with Gasteiger partial charge in [-0.3, -0.25) is 9.69 Å². The number of hydrogen-bond acceptors (Lipinski definition) is 3. The minimum atomic E-state index is -0.332. The average Bonchev–Trinajstić information content (AvgIpc) is 3.01. The van der Waals surface area contributed by atoms with Gasteiger partial charge in [-0.1, -0.05) is 18.2 Å². The Hall–Kier alpha value is -2.86. The number of nitrogens with zero attached hydrogens (tertiary/aromatic N) is 2. The van der Waals surface area contributed by atoms with Gasteiger partial charge in [0.15, 0.2) is 13.3 Å². The maximum atomic E-state index is 13.0. The van der Waals surface area contributed by atoms with Crippen molar-refractivity contribution < 1.29 is 18.8 Å². The number of carbonyl (C=O) groups is 2. The van der Waals surface area contributed by atoms with Crippen molar-refractivity contribution in [2.75, 3.05) is 39.3 Å². The molecule has 1 aliphatic rings. The van der Waals surface area contributed by atoms with E-state index in [4.69, 9.17) is 4.74 Å². The molecule has 1 amide bonds. The molecule has 1 aromatic carbocycles. The molecule has 0 spiro atoms. The summed E-state index contributed by atoms with van der Waals surface area (Å²) in [6.45, 7) is 4.15. The number of ether oxygens (including phenoxy) is 1. The number of carbonyl (C=O) groups excluding carboxylic acids is 2. The van der Waals surface area contributed by atoms with Gasteiger partial charge in [0.05, 0.1) is 32.4 Å². The van der Waals surface area contributed by atoms with Gasteiger partial charge in [-0.05, 0) is 37.6 Å². The first-order valence-corrected chi connectivity index (χ1v) is 8.91. The molecule has 0 radical (unpaired) electrons. The first-order chi connectivity index (χ1) is 12.7. The molecule has 1 aliphatic heterocycles. The second-order valence-electron chi connectivity index (χ2n) is 7.95. The highest BCUT2D eigenvalue weighted by atomic mass is 16.5. The monoisotopic (exact) mass is 368 g/mol. The number of anilines is 1. The molecular formula is C21H26N3O3+.